The molecule has 0 unspecified atom stereocenters. The second-order valence-corrected chi connectivity index (χ2v) is 6.77. The van der Waals surface area contributed by atoms with Crippen LogP contribution in [0.3, 0.4) is 0 Å². The van der Waals surface area contributed by atoms with Gasteiger partial charge in [0.15, 0.2) is 0 Å². The molecule has 0 spiro atoms. The molecular formula is C21H26O3. The Bertz CT molecular complexity index is 672. The molecule has 0 atom stereocenters. The van der Waals surface area contributed by atoms with Crippen LogP contribution in [0.4, 0.5) is 0 Å². The van der Waals surface area contributed by atoms with Gasteiger partial charge in [-0.1, -0.05) is 64.3 Å². The molecule has 0 radical (unpaired) electrons. The number of carbonyl (C=O) groups is 1. The van der Waals surface area contributed by atoms with Crippen LogP contribution in [0.25, 0.3) is 0 Å². The van der Waals surface area contributed by atoms with Gasteiger partial charge in [-0.05, 0) is 41.7 Å². The van der Waals surface area contributed by atoms with Crippen molar-refractivity contribution in [3.8, 4) is 11.5 Å². The van der Waals surface area contributed by atoms with E-state index in [4.69, 9.17) is 4.74 Å². The second kappa shape index (κ2) is 8.00. The molecule has 0 bridgehead atoms. The van der Waals surface area contributed by atoms with Crippen LogP contribution in [0.5, 0.6) is 11.5 Å². The highest BCUT2D eigenvalue weighted by atomic mass is 16.5. The van der Waals surface area contributed by atoms with Crippen LogP contribution in [-0.2, 0) is 5.41 Å². The Morgan fingerprint density at radius 3 is 2.33 bits per heavy atom. The molecule has 2 aromatic carbocycles. The monoisotopic (exact) mass is 326 g/mol. The number of aromatic carboxylic acids is 1. The van der Waals surface area contributed by atoms with Gasteiger partial charge in [-0.2, -0.15) is 0 Å². The molecule has 0 fully saturated rings. The maximum Gasteiger partial charge on any atom is 0.339 e. The molecular weight excluding hydrogens is 300 g/mol. The van der Waals surface area contributed by atoms with Crippen molar-refractivity contribution in [1.29, 1.82) is 0 Å². The summed E-state index contributed by atoms with van der Waals surface area (Å²) in [7, 11) is 0. The van der Waals surface area contributed by atoms with E-state index in [1.165, 1.54) is 24.8 Å². The normalized spacial score (nSPS) is 11.3. The Kier molecular flexibility index (Phi) is 6.02. The van der Waals surface area contributed by atoms with Crippen LogP contribution < -0.4 is 4.74 Å². The minimum absolute atomic E-state index is 0.132. The number of rotatable bonds is 8. The standard InChI is InChI=1S/C21H26O3/c1-4-5-8-15-21(2,3)16-11-13-17(14-12-16)24-19-10-7-6-9-18(19)20(22)23/h6-7,9-14H,4-5,8,15H2,1-3H3,(H,22,23). The van der Waals surface area contributed by atoms with E-state index in [1.54, 1.807) is 24.3 Å². The minimum atomic E-state index is -0.987. The Morgan fingerprint density at radius 1 is 1.04 bits per heavy atom. The number of benzene rings is 2. The van der Waals surface area contributed by atoms with Gasteiger partial charge in [0.25, 0.3) is 0 Å². The molecule has 0 aliphatic rings. The molecule has 2 rings (SSSR count). The number of unbranched alkanes of at least 4 members (excludes halogenated alkanes) is 2. The van der Waals surface area contributed by atoms with Crippen LogP contribution in [0, 0.1) is 0 Å². The molecule has 0 aliphatic carbocycles. The number of carboxylic acid groups (broad SMARTS) is 1. The van der Waals surface area contributed by atoms with Crippen LogP contribution >= 0.6 is 0 Å². The Balaban J connectivity index is 2.11. The largest absolute Gasteiger partial charge is 0.478 e. The number of para-hydroxylation sites is 1. The van der Waals surface area contributed by atoms with Gasteiger partial charge < -0.3 is 9.84 Å². The third-order valence-electron chi connectivity index (χ3n) is 4.39. The van der Waals surface area contributed by atoms with Crippen molar-refractivity contribution in [2.45, 2.75) is 51.9 Å². The van der Waals surface area contributed by atoms with Gasteiger partial charge in [0.05, 0.1) is 0 Å². The lowest BCUT2D eigenvalue weighted by atomic mass is 9.80. The van der Waals surface area contributed by atoms with Crippen LogP contribution in [0.1, 0.15) is 62.4 Å². The van der Waals surface area contributed by atoms with E-state index in [0.29, 0.717) is 11.5 Å². The zero-order valence-electron chi connectivity index (χ0n) is 14.7. The maximum absolute atomic E-state index is 11.2. The van der Waals surface area contributed by atoms with Gasteiger partial charge in [-0.25, -0.2) is 4.79 Å². The zero-order chi connectivity index (χ0) is 17.6. The molecule has 0 amide bonds. The van der Waals surface area contributed by atoms with Gasteiger partial charge in [-0.15, -0.1) is 0 Å². The van der Waals surface area contributed by atoms with Crippen molar-refractivity contribution < 1.29 is 14.6 Å². The maximum atomic E-state index is 11.2. The summed E-state index contributed by atoms with van der Waals surface area (Å²) in [6.45, 7) is 6.74. The molecule has 0 heterocycles. The lowest BCUT2D eigenvalue weighted by molar-refractivity contribution is 0.0694. The van der Waals surface area contributed by atoms with Crippen LogP contribution in [0.2, 0.25) is 0 Å². The van der Waals surface area contributed by atoms with Crippen LogP contribution in [-0.4, -0.2) is 11.1 Å². The number of hydrogen-bond donors (Lipinski definition) is 1. The van der Waals surface area contributed by atoms with E-state index in [1.807, 2.05) is 12.1 Å². The van der Waals surface area contributed by atoms with Crippen molar-refractivity contribution in [3.63, 3.8) is 0 Å². The zero-order valence-corrected chi connectivity index (χ0v) is 14.7. The molecule has 24 heavy (non-hydrogen) atoms. The molecule has 1 N–H and O–H groups in total. The molecule has 3 nitrogen and oxygen atoms in total. The first-order chi connectivity index (χ1) is 11.4. The van der Waals surface area contributed by atoms with Crippen molar-refractivity contribution in [2.24, 2.45) is 0 Å². The SMILES string of the molecule is CCCCCC(C)(C)c1ccc(Oc2ccccc2C(=O)O)cc1. The van der Waals surface area contributed by atoms with E-state index in [-0.39, 0.29) is 11.0 Å². The summed E-state index contributed by atoms with van der Waals surface area (Å²) < 4.78 is 5.76. The fourth-order valence-corrected chi connectivity index (χ4v) is 2.79. The summed E-state index contributed by atoms with van der Waals surface area (Å²) in [6, 6.07) is 14.7. The molecule has 3 heteroatoms. The average Bonchev–Trinajstić information content (AvgIpc) is 2.56. The van der Waals surface area contributed by atoms with Gasteiger partial charge in [0.2, 0.25) is 0 Å². The first-order valence-corrected chi connectivity index (χ1v) is 8.55. The molecule has 0 saturated carbocycles. The average molecular weight is 326 g/mol. The van der Waals surface area contributed by atoms with E-state index in [0.717, 1.165) is 6.42 Å². The molecule has 2 aromatic rings. The minimum Gasteiger partial charge on any atom is -0.478 e. The molecule has 0 aromatic heterocycles. The van der Waals surface area contributed by atoms with Crippen LogP contribution in [0.15, 0.2) is 48.5 Å². The highest BCUT2D eigenvalue weighted by Gasteiger charge is 2.20. The third-order valence-corrected chi connectivity index (χ3v) is 4.39. The number of hydrogen-bond acceptors (Lipinski definition) is 2. The number of ether oxygens (including phenoxy) is 1. The predicted octanol–water partition coefficient (Wildman–Crippen LogP) is 6.04. The van der Waals surface area contributed by atoms with E-state index >= 15 is 0 Å². The highest BCUT2D eigenvalue weighted by Crippen LogP contribution is 2.32. The first kappa shape index (κ1) is 18.1. The number of carboxylic acids is 1. The molecule has 0 aliphatic heterocycles. The second-order valence-electron chi connectivity index (χ2n) is 6.77. The van der Waals surface area contributed by atoms with Crippen molar-refractivity contribution in [2.75, 3.05) is 0 Å². The highest BCUT2D eigenvalue weighted by molar-refractivity contribution is 5.90. The van der Waals surface area contributed by atoms with Gasteiger partial charge in [0, 0.05) is 0 Å². The van der Waals surface area contributed by atoms with Crippen molar-refractivity contribution in [1.82, 2.24) is 0 Å². The Morgan fingerprint density at radius 2 is 1.71 bits per heavy atom. The summed E-state index contributed by atoms with van der Waals surface area (Å²) >= 11 is 0. The quantitative estimate of drug-likeness (QED) is 0.602. The third kappa shape index (κ3) is 4.60. The summed E-state index contributed by atoms with van der Waals surface area (Å²) in [6.07, 6.45) is 4.87. The van der Waals surface area contributed by atoms with Crippen molar-refractivity contribution in [3.05, 3.63) is 59.7 Å². The fraction of sp³-hybridized carbons (Fsp3) is 0.381. The van der Waals surface area contributed by atoms with E-state index < -0.39 is 5.97 Å². The summed E-state index contributed by atoms with van der Waals surface area (Å²) in [4.78, 5) is 11.2. The fourth-order valence-electron chi connectivity index (χ4n) is 2.79. The smallest absolute Gasteiger partial charge is 0.339 e. The molecule has 0 saturated heterocycles. The van der Waals surface area contributed by atoms with E-state index in [2.05, 4.69) is 32.9 Å². The lowest BCUT2D eigenvalue weighted by Gasteiger charge is -2.25. The Hall–Kier alpha value is -2.29. The van der Waals surface area contributed by atoms with Gasteiger partial charge in [-0.3, -0.25) is 0 Å². The summed E-state index contributed by atoms with van der Waals surface area (Å²) in [5, 5.41) is 9.22. The Labute approximate surface area is 144 Å². The topological polar surface area (TPSA) is 46.5 Å². The predicted molar refractivity (Wildman–Crippen MR) is 97.1 cm³/mol. The summed E-state index contributed by atoms with van der Waals surface area (Å²) in [5.41, 5.74) is 1.58. The molecule has 128 valence electrons. The van der Waals surface area contributed by atoms with Crippen molar-refractivity contribution >= 4 is 5.97 Å². The van der Waals surface area contributed by atoms with Gasteiger partial charge in [0.1, 0.15) is 17.1 Å². The summed E-state index contributed by atoms with van der Waals surface area (Å²) in [5.74, 6) is 0.0241. The first-order valence-electron chi connectivity index (χ1n) is 8.55. The van der Waals surface area contributed by atoms with Gasteiger partial charge >= 0.3 is 5.97 Å². The van der Waals surface area contributed by atoms with E-state index in [9.17, 15) is 9.90 Å². The lowest BCUT2D eigenvalue weighted by Crippen LogP contribution is -2.16.